The Morgan fingerprint density at radius 1 is 1.12 bits per heavy atom. The Labute approximate surface area is 99.6 Å². The van der Waals surface area contributed by atoms with E-state index in [-0.39, 0.29) is 5.41 Å². The molecule has 1 aliphatic heterocycles. The van der Waals surface area contributed by atoms with Crippen LogP contribution in [0.5, 0.6) is 0 Å². The van der Waals surface area contributed by atoms with Crippen LogP contribution in [0, 0.1) is 10.8 Å². The Hall–Kier alpha value is -0.830. The summed E-state index contributed by atoms with van der Waals surface area (Å²) in [6.45, 7) is 12.6. The zero-order valence-electron chi connectivity index (χ0n) is 11.3. The summed E-state index contributed by atoms with van der Waals surface area (Å²) in [5.74, 6) is 0.697. The Morgan fingerprint density at radius 3 is 2.06 bits per heavy atom. The van der Waals surface area contributed by atoms with Crippen LogP contribution in [-0.4, -0.2) is 48.9 Å². The zero-order valence-corrected chi connectivity index (χ0v) is 11.3. The molecule has 0 unspecified atom stereocenters. The number of piperazine rings is 1. The van der Waals surface area contributed by atoms with E-state index in [0.717, 1.165) is 31.8 Å². The molecule has 1 fully saturated rings. The fourth-order valence-electron chi connectivity index (χ4n) is 2.00. The molecule has 3 heteroatoms. The molecule has 1 saturated heterocycles. The summed E-state index contributed by atoms with van der Waals surface area (Å²) < 4.78 is 0. The largest absolute Gasteiger partial charge is 0.354 e. The smallest absolute Gasteiger partial charge is 0.123 e. The second-order valence-corrected chi connectivity index (χ2v) is 5.83. The topological polar surface area (TPSA) is 30.3 Å². The van der Waals surface area contributed by atoms with Crippen LogP contribution in [-0.2, 0) is 0 Å². The van der Waals surface area contributed by atoms with Crippen molar-refractivity contribution in [1.29, 1.82) is 5.41 Å². The van der Waals surface area contributed by atoms with E-state index in [2.05, 4.69) is 43.7 Å². The number of likely N-dealkylation sites (N-methyl/N-ethyl adjacent to an activating group) is 1. The first-order valence-corrected chi connectivity index (χ1v) is 6.01. The normalized spacial score (nSPS) is 20.1. The molecule has 0 bridgehead atoms. The van der Waals surface area contributed by atoms with Crippen LogP contribution >= 0.6 is 0 Å². The van der Waals surface area contributed by atoms with Crippen molar-refractivity contribution in [2.24, 2.45) is 5.41 Å². The molecule has 0 aromatic carbocycles. The van der Waals surface area contributed by atoms with E-state index in [4.69, 9.17) is 5.41 Å². The standard InChI is InChI=1S/C13H25N3/c1-11(10-13(2,3)4)12(14)16-8-6-15(5)7-9-16/h10,14H,6-9H2,1-5H3/b11-10-,14-12?. The highest BCUT2D eigenvalue weighted by Gasteiger charge is 2.18. The number of amidine groups is 1. The summed E-state index contributed by atoms with van der Waals surface area (Å²) in [6, 6.07) is 0. The molecule has 3 nitrogen and oxygen atoms in total. The van der Waals surface area contributed by atoms with Crippen LogP contribution in [0.2, 0.25) is 0 Å². The highest BCUT2D eigenvalue weighted by Crippen LogP contribution is 2.18. The van der Waals surface area contributed by atoms with Crippen molar-refractivity contribution in [2.75, 3.05) is 33.2 Å². The first-order chi connectivity index (χ1) is 7.29. The lowest BCUT2D eigenvalue weighted by molar-refractivity contribution is 0.214. The minimum absolute atomic E-state index is 0.156. The number of hydrogen-bond donors (Lipinski definition) is 1. The molecule has 1 aliphatic rings. The summed E-state index contributed by atoms with van der Waals surface area (Å²) in [5.41, 5.74) is 1.25. The molecule has 92 valence electrons. The van der Waals surface area contributed by atoms with Crippen LogP contribution in [0.1, 0.15) is 27.7 Å². The number of rotatable bonds is 1. The van der Waals surface area contributed by atoms with Crippen LogP contribution < -0.4 is 0 Å². The summed E-state index contributed by atoms with van der Waals surface area (Å²) >= 11 is 0. The molecule has 0 aromatic heterocycles. The van der Waals surface area contributed by atoms with Gasteiger partial charge >= 0.3 is 0 Å². The van der Waals surface area contributed by atoms with Crippen LogP contribution in [0.25, 0.3) is 0 Å². The van der Waals surface area contributed by atoms with Gasteiger partial charge in [0.2, 0.25) is 0 Å². The van der Waals surface area contributed by atoms with E-state index < -0.39 is 0 Å². The van der Waals surface area contributed by atoms with Gasteiger partial charge in [0.1, 0.15) is 5.84 Å². The molecule has 1 heterocycles. The van der Waals surface area contributed by atoms with Gasteiger partial charge < -0.3 is 9.80 Å². The number of nitrogens with one attached hydrogen (secondary N) is 1. The predicted octanol–water partition coefficient (Wildman–Crippen LogP) is 2.20. The zero-order chi connectivity index (χ0) is 12.3. The van der Waals surface area contributed by atoms with E-state index >= 15 is 0 Å². The van der Waals surface area contributed by atoms with E-state index in [1.807, 2.05) is 6.92 Å². The first kappa shape index (κ1) is 13.2. The van der Waals surface area contributed by atoms with Crippen molar-refractivity contribution in [3.63, 3.8) is 0 Å². The summed E-state index contributed by atoms with van der Waals surface area (Å²) in [4.78, 5) is 4.49. The summed E-state index contributed by atoms with van der Waals surface area (Å²) in [5, 5.41) is 8.17. The Morgan fingerprint density at radius 2 is 1.62 bits per heavy atom. The van der Waals surface area contributed by atoms with Crippen molar-refractivity contribution in [3.05, 3.63) is 11.6 Å². The second-order valence-electron chi connectivity index (χ2n) is 5.83. The number of nitrogens with zero attached hydrogens (tertiary/aromatic N) is 2. The van der Waals surface area contributed by atoms with E-state index in [9.17, 15) is 0 Å². The highest BCUT2D eigenvalue weighted by molar-refractivity contribution is 5.95. The van der Waals surface area contributed by atoms with Gasteiger partial charge in [0, 0.05) is 26.2 Å². The molecule has 1 N–H and O–H groups in total. The van der Waals surface area contributed by atoms with Gasteiger partial charge in [-0.2, -0.15) is 0 Å². The Kier molecular flexibility index (Phi) is 4.14. The van der Waals surface area contributed by atoms with Crippen molar-refractivity contribution < 1.29 is 0 Å². The quantitative estimate of drug-likeness (QED) is 0.545. The van der Waals surface area contributed by atoms with Crippen molar-refractivity contribution in [3.8, 4) is 0 Å². The first-order valence-electron chi connectivity index (χ1n) is 6.01. The van der Waals surface area contributed by atoms with Crippen LogP contribution in [0.15, 0.2) is 11.6 Å². The van der Waals surface area contributed by atoms with Gasteiger partial charge in [-0.15, -0.1) is 0 Å². The molecule has 0 atom stereocenters. The van der Waals surface area contributed by atoms with Crippen molar-refractivity contribution >= 4 is 5.84 Å². The van der Waals surface area contributed by atoms with E-state index in [1.54, 1.807) is 0 Å². The minimum Gasteiger partial charge on any atom is -0.354 e. The van der Waals surface area contributed by atoms with Gasteiger partial charge in [-0.3, -0.25) is 5.41 Å². The third-order valence-electron chi connectivity index (χ3n) is 2.84. The fourth-order valence-corrected chi connectivity index (χ4v) is 2.00. The molecular formula is C13H25N3. The second kappa shape index (κ2) is 5.00. The van der Waals surface area contributed by atoms with Gasteiger partial charge in [-0.25, -0.2) is 0 Å². The van der Waals surface area contributed by atoms with E-state index in [0.29, 0.717) is 5.84 Å². The third kappa shape index (κ3) is 3.97. The van der Waals surface area contributed by atoms with Crippen molar-refractivity contribution in [2.45, 2.75) is 27.7 Å². The maximum Gasteiger partial charge on any atom is 0.123 e. The molecule has 16 heavy (non-hydrogen) atoms. The SMILES string of the molecule is C/C(=C/C(C)(C)C)C(=N)N1CCN(C)CC1. The Balaban J connectivity index is 2.61. The minimum atomic E-state index is 0.156. The molecule has 0 radical (unpaired) electrons. The maximum absolute atomic E-state index is 8.17. The van der Waals surface area contributed by atoms with Gasteiger partial charge in [0.15, 0.2) is 0 Å². The van der Waals surface area contributed by atoms with Crippen LogP contribution in [0.4, 0.5) is 0 Å². The number of hydrogen-bond acceptors (Lipinski definition) is 2. The molecule has 0 saturated carbocycles. The molecular weight excluding hydrogens is 198 g/mol. The van der Waals surface area contributed by atoms with Crippen LogP contribution in [0.3, 0.4) is 0 Å². The Bertz CT molecular complexity index is 278. The number of allylic oxidation sites excluding steroid dienone is 1. The lowest BCUT2D eigenvalue weighted by atomic mass is 9.93. The van der Waals surface area contributed by atoms with E-state index in [1.165, 1.54) is 0 Å². The highest BCUT2D eigenvalue weighted by atomic mass is 15.3. The monoisotopic (exact) mass is 223 g/mol. The van der Waals surface area contributed by atoms with Gasteiger partial charge in [0.05, 0.1) is 0 Å². The predicted molar refractivity (Wildman–Crippen MR) is 70.0 cm³/mol. The van der Waals surface area contributed by atoms with Crippen molar-refractivity contribution in [1.82, 2.24) is 9.80 Å². The molecule has 0 aromatic rings. The fraction of sp³-hybridized carbons (Fsp3) is 0.769. The average Bonchev–Trinajstić information content (AvgIpc) is 2.15. The third-order valence-corrected chi connectivity index (χ3v) is 2.84. The summed E-state index contributed by atoms with van der Waals surface area (Å²) in [6.07, 6.45) is 2.19. The molecule has 1 rings (SSSR count). The maximum atomic E-state index is 8.17. The molecule has 0 amide bonds. The average molecular weight is 223 g/mol. The van der Waals surface area contributed by atoms with Gasteiger partial charge in [0.25, 0.3) is 0 Å². The van der Waals surface area contributed by atoms with Gasteiger partial charge in [-0.05, 0) is 25.0 Å². The molecule has 0 spiro atoms. The summed E-state index contributed by atoms with van der Waals surface area (Å²) in [7, 11) is 2.14. The molecule has 0 aliphatic carbocycles. The van der Waals surface area contributed by atoms with Gasteiger partial charge in [-0.1, -0.05) is 26.8 Å². The lowest BCUT2D eigenvalue weighted by Gasteiger charge is -2.34. The lowest BCUT2D eigenvalue weighted by Crippen LogP contribution is -2.47.